The number of imidazole rings is 1. The van der Waals surface area contributed by atoms with Crippen LogP contribution in [-0.2, 0) is 33.6 Å². The van der Waals surface area contributed by atoms with E-state index in [-0.39, 0.29) is 17.2 Å². The maximum atomic E-state index is 13.1. The zero-order valence-electron chi connectivity index (χ0n) is 21.8. The Morgan fingerprint density at radius 2 is 1.60 bits per heavy atom. The number of benzene rings is 4. The average molecular weight is 581 g/mol. The second-order valence-corrected chi connectivity index (χ2v) is 12.8. The molecule has 0 fully saturated rings. The molecule has 1 unspecified atom stereocenters. The molecule has 1 heterocycles. The van der Waals surface area contributed by atoms with E-state index in [1.807, 2.05) is 47.0 Å². The zero-order valence-corrected chi connectivity index (χ0v) is 23.4. The van der Waals surface area contributed by atoms with Gasteiger partial charge in [0.15, 0.2) is 9.84 Å². The lowest BCUT2D eigenvalue weighted by molar-refractivity contribution is -0.0504. The molecular weight excluding hydrogens is 554 g/mol. The molecule has 0 aliphatic carbocycles. The molecule has 206 valence electrons. The van der Waals surface area contributed by atoms with Gasteiger partial charge in [0.25, 0.3) is 0 Å². The molecular formula is C30H26F2N2O4S2. The zero-order chi connectivity index (χ0) is 28.4. The van der Waals surface area contributed by atoms with Crippen molar-refractivity contribution in [2.75, 3.05) is 12.5 Å². The summed E-state index contributed by atoms with van der Waals surface area (Å²) >= 11 is 0. The van der Waals surface area contributed by atoms with Gasteiger partial charge in [-0.05, 0) is 59.2 Å². The van der Waals surface area contributed by atoms with Crippen LogP contribution in [0.25, 0.3) is 22.2 Å². The smallest absolute Gasteiger partial charge is 0.387 e. The highest BCUT2D eigenvalue weighted by Gasteiger charge is 2.17. The summed E-state index contributed by atoms with van der Waals surface area (Å²) in [6.45, 7) is -2.73. The van der Waals surface area contributed by atoms with E-state index in [9.17, 15) is 21.4 Å². The number of aromatic nitrogens is 2. The number of alkyl halides is 2. The Bertz CT molecular complexity index is 1800. The molecule has 40 heavy (non-hydrogen) atoms. The normalized spacial score (nSPS) is 12.6. The van der Waals surface area contributed by atoms with E-state index in [2.05, 4.69) is 0 Å². The fourth-order valence-corrected chi connectivity index (χ4v) is 5.71. The van der Waals surface area contributed by atoms with E-state index in [0.29, 0.717) is 17.8 Å². The summed E-state index contributed by atoms with van der Waals surface area (Å²) in [5.41, 5.74) is 4.80. The predicted molar refractivity (Wildman–Crippen MR) is 152 cm³/mol. The number of rotatable bonds is 9. The van der Waals surface area contributed by atoms with Crippen molar-refractivity contribution < 1.29 is 26.1 Å². The lowest BCUT2D eigenvalue weighted by Gasteiger charge is -2.14. The molecule has 1 aromatic heterocycles. The lowest BCUT2D eigenvalue weighted by Crippen LogP contribution is -2.10. The van der Waals surface area contributed by atoms with Crippen molar-refractivity contribution in [1.29, 1.82) is 0 Å². The van der Waals surface area contributed by atoms with Gasteiger partial charge in [-0.25, -0.2) is 13.4 Å². The van der Waals surface area contributed by atoms with Gasteiger partial charge in [0.05, 0.1) is 22.5 Å². The third kappa shape index (κ3) is 6.13. The first-order valence-corrected chi connectivity index (χ1v) is 15.8. The van der Waals surface area contributed by atoms with Gasteiger partial charge in [-0.3, -0.25) is 4.21 Å². The van der Waals surface area contributed by atoms with Gasteiger partial charge >= 0.3 is 6.61 Å². The van der Waals surface area contributed by atoms with E-state index in [4.69, 9.17) is 9.72 Å². The summed E-state index contributed by atoms with van der Waals surface area (Å²) in [5, 5.41) is 0. The molecule has 0 bridgehead atoms. The maximum Gasteiger partial charge on any atom is 0.387 e. The van der Waals surface area contributed by atoms with Crippen LogP contribution >= 0.6 is 0 Å². The van der Waals surface area contributed by atoms with Crippen molar-refractivity contribution >= 4 is 31.7 Å². The molecule has 0 N–H and O–H groups in total. The largest absolute Gasteiger partial charge is 0.434 e. The van der Waals surface area contributed by atoms with E-state index in [0.717, 1.165) is 38.9 Å². The maximum absolute atomic E-state index is 13.1. The number of fused-ring (bicyclic) bond motifs is 1. The number of hydrogen-bond donors (Lipinski definition) is 0. The molecule has 1 atom stereocenters. The van der Waals surface area contributed by atoms with Crippen molar-refractivity contribution in [3.63, 3.8) is 0 Å². The number of sulfone groups is 1. The number of nitrogens with zero attached hydrogens (tertiary/aromatic N) is 2. The van der Waals surface area contributed by atoms with Crippen LogP contribution in [0, 0.1) is 0 Å². The van der Waals surface area contributed by atoms with Crippen LogP contribution in [-0.4, -0.2) is 41.3 Å². The molecule has 0 amide bonds. The molecule has 4 aromatic carbocycles. The topological polar surface area (TPSA) is 78.3 Å². The van der Waals surface area contributed by atoms with Gasteiger partial charge in [0, 0.05) is 40.2 Å². The summed E-state index contributed by atoms with van der Waals surface area (Å²) in [5.74, 6) is 0.768. The van der Waals surface area contributed by atoms with Gasteiger partial charge in [-0.15, -0.1) is 0 Å². The highest BCUT2D eigenvalue weighted by atomic mass is 32.2. The molecule has 10 heteroatoms. The highest BCUT2D eigenvalue weighted by molar-refractivity contribution is 7.90. The van der Waals surface area contributed by atoms with Crippen molar-refractivity contribution in [3.05, 3.63) is 108 Å². The van der Waals surface area contributed by atoms with Crippen LogP contribution in [0.15, 0.2) is 101 Å². The fraction of sp³-hybridized carbons (Fsp3) is 0.167. The molecule has 0 aliphatic rings. The van der Waals surface area contributed by atoms with E-state index in [1.165, 1.54) is 6.07 Å². The molecule has 5 aromatic rings. The van der Waals surface area contributed by atoms with Gasteiger partial charge in [-0.2, -0.15) is 8.78 Å². The van der Waals surface area contributed by atoms with Crippen LogP contribution in [0.2, 0.25) is 0 Å². The van der Waals surface area contributed by atoms with Gasteiger partial charge in [0.1, 0.15) is 11.6 Å². The fourth-order valence-electron chi connectivity index (χ4n) is 4.56. The first-order valence-electron chi connectivity index (χ1n) is 12.3. The number of para-hydroxylation sites is 1. The standard InChI is InChI=1S/C30H26F2N2O4S2/c1-39(35)24-12-9-21(10-13-24)22-11-16-26-27(18-22)34(19-23-5-3-4-6-28(23)38-30(31)32)29(33-26)17-20-7-14-25(15-8-20)40(2,36)37/h3-16,18,30H,17,19H2,1-2H3. The summed E-state index contributed by atoms with van der Waals surface area (Å²) < 4.78 is 68.6. The Kier molecular flexibility index (Phi) is 7.82. The van der Waals surface area contributed by atoms with Crippen LogP contribution in [0.4, 0.5) is 8.78 Å². The van der Waals surface area contributed by atoms with Crippen molar-refractivity contribution in [3.8, 4) is 16.9 Å². The van der Waals surface area contributed by atoms with Gasteiger partial charge in [0.2, 0.25) is 0 Å². The quantitative estimate of drug-likeness (QED) is 0.211. The Hall–Kier alpha value is -3.89. The molecule has 0 saturated heterocycles. The predicted octanol–water partition coefficient (Wildman–Crippen LogP) is 6.08. The molecule has 0 spiro atoms. The SMILES string of the molecule is CS(=O)c1ccc(-c2ccc3nc(Cc4ccc(S(C)(=O)=O)cc4)n(Cc4ccccc4OC(F)F)c3c2)cc1. The van der Waals surface area contributed by atoms with Gasteiger partial charge in [-0.1, -0.05) is 48.5 Å². The van der Waals surface area contributed by atoms with Crippen molar-refractivity contribution in [2.24, 2.45) is 0 Å². The van der Waals surface area contributed by atoms with Crippen LogP contribution < -0.4 is 4.74 Å². The molecule has 5 rings (SSSR count). The van der Waals surface area contributed by atoms with E-state index < -0.39 is 27.2 Å². The van der Waals surface area contributed by atoms with Crippen LogP contribution in [0.1, 0.15) is 17.0 Å². The minimum atomic E-state index is -3.33. The Labute approximate surface area is 233 Å². The monoisotopic (exact) mass is 580 g/mol. The minimum absolute atomic E-state index is 0.0853. The summed E-state index contributed by atoms with van der Waals surface area (Å²) in [4.78, 5) is 5.81. The second kappa shape index (κ2) is 11.3. The van der Waals surface area contributed by atoms with E-state index >= 15 is 0 Å². The van der Waals surface area contributed by atoms with Gasteiger partial charge < -0.3 is 9.30 Å². The minimum Gasteiger partial charge on any atom is -0.434 e. The van der Waals surface area contributed by atoms with Crippen molar-refractivity contribution in [1.82, 2.24) is 9.55 Å². The van der Waals surface area contributed by atoms with Crippen LogP contribution in [0.5, 0.6) is 5.75 Å². The molecule has 0 aliphatic heterocycles. The first-order chi connectivity index (χ1) is 19.1. The number of hydrogen-bond acceptors (Lipinski definition) is 5. The third-order valence-corrected chi connectivity index (χ3v) is 8.64. The highest BCUT2D eigenvalue weighted by Crippen LogP contribution is 2.29. The Balaban J connectivity index is 1.60. The lowest BCUT2D eigenvalue weighted by atomic mass is 10.1. The average Bonchev–Trinajstić information content (AvgIpc) is 3.25. The number of halogens is 2. The van der Waals surface area contributed by atoms with Crippen LogP contribution in [0.3, 0.4) is 0 Å². The van der Waals surface area contributed by atoms with Crippen molar-refractivity contribution in [2.45, 2.75) is 29.4 Å². The number of ether oxygens (including phenoxy) is 1. The summed E-state index contributed by atoms with van der Waals surface area (Å²) in [7, 11) is -4.41. The summed E-state index contributed by atoms with van der Waals surface area (Å²) in [6, 6.07) is 26.6. The molecule has 6 nitrogen and oxygen atoms in total. The molecule has 0 saturated carbocycles. The molecule has 0 radical (unpaired) electrons. The Morgan fingerprint density at radius 1 is 0.925 bits per heavy atom. The third-order valence-electron chi connectivity index (χ3n) is 6.58. The Morgan fingerprint density at radius 3 is 2.25 bits per heavy atom. The summed E-state index contributed by atoms with van der Waals surface area (Å²) in [6.07, 6.45) is 3.18. The second-order valence-electron chi connectivity index (χ2n) is 9.38. The first kappa shape index (κ1) is 27.7. The van der Waals surface area contributed by atoms with E-state index in [1.54, 1.807) is 48.7 Å².